The summed E-state index contributed by atoms with van der Waals surface area (Å²) in [5, 5.41) is 12.4. The molecule has 0 saturated carbocycles. The maximum atomic E-state index is 12.8. The Hall–Kier alpha value is -3.35. The largest absolute Gasteiger partial charge is 0.481 e. The van der Waals surface area contributed by atoms with Crippen molar-refractivity contribution in [2.45, 2.75) is 50.6 Å². The molecule has 1 aliphatic rings. The molecule has 0 spiro atoms. The maximum Gasteiger partial charge on any atom is 0.434 e. The number of rotatable bonds is 6. The summed E-state index contributed by atoms with van der Waals surface area (Å²) in [7, 11) is 0. The van der Waals surface area contributed by atoms with Crippen molar-refractivity contribution < 1.29 is 45.5 Å². The van der Waals surface area contributed by atoms with Gasteiger partial charge in [0.25, 0.3) is 12.0 Å². The molecule has 0 aliphatic heterocycles. The van der Waals surface area contributed by atoms with Gasteiger partial charge in [-0.05, 0) is 48.4 Å². The first-order valence-electron chi connectivity index (χ1n) is 10.4. The van der Waals surface area contributed by atoms with Crippen molar-refractivity contribution in [1.29, 1.82) is 0 Å². The van der Waals surface area contributed by atoms with Crippen LogP contribution in [0, 0.1) is 6.92 Å². The molecular weight excluding hydrogens is 520 g/mol. The van der Waals surface area contributed by atoms with E-state index in [0.29, 0.717) is 18.4 Å². The van der Waals surface area contributed by atoms with E-state index >= 15 is 0 Å². The smallest absolute Gasteiger partial charge is 0.434 e. The maximum absolute atomic E-state index is 12.8. The van der Waals surface area contributed by atoms with Crippen LogP contribution in [0.3, 0.4) is 0 Å². The van der Waals surface area contributed by atoms with E-state index in [0.717, 1.165) is 29.0 Å². The predicted octanol–water partition coefficient (Wildman–Crippen LogP) is 6.14. The van der Waals surface area contributed by atoms with Crippen molar-refractivity contribution in [2.24, 2.45) is 0 Å². The van der Waals surface area contributed by atoms with E-state index in [-0.39, 0.29) is 29.6 Å². The van der Waals surface area contributed by atoms with E-state index in [4.69, 9.17) is 21.2 Å². The molecule has 1 atom stereocenters. The molecule has 14 heteroatoms. The number of halogens is 7. The number of benzene rings is 1. The molecule has 2 heterocycles. The SMILES string of the molecule is Cc1c(-c2noc(-c3cnc(OC(C(F)(F)F)C(F)(F)F)c(Cl)c3)n2)ccc2c1CCC2CC(=O)O. The van der Waals surface area contributed by atoms with E-state index < -0.39 is 35.3 Å². The van der Waals surface area contributed by atoms with Crippen molar-refractivity contribution in [2.75, 3.05) is 0 Å². The van der Waals surface area contributed by atoms with Gasteiger partial charge in [-0.3, -0.25) is 4.79 Å². The van der Waals surface area contributed by atoms with Gasteiger partial charge in [-0.1, -0.05) is 28.9 Å². The fourth-order valence-electron chi connectivity index (χ4n) is 4.14. The zero-order chi connectivity index (χ0) is 26.4. The van der Waals surface area contributed by atoms with Gasteiger partial charge in [-0.25, -0.2) is 4.98 Å². The van der Waals surface area contributed by atoms with Gasteiger partial charge in [0.1, 0.15) is 5.02 Å². The van der Waals surface area contributed by atoms with Crippen LogP contribution in [0.25, 0.3) is 22.8 Å². The number of carboxylic acid groups (broad SMARTS) is 1. The predicted molar refractivity (Wildman–Crippen MR) is 113 cm³/mol. The Morgan fingerprint density at radius 2 is 1.94 bits per heavy atom. The van der Waals surface area contributed by atoms with Crippen LogP contribution < -0.4 is 4.74 Å². The number of pyridine rings is 1. The van der Waals surface area contributed by atoms with Crippen molar-refractivity contribution >= 4 is 17.6 Å². The summed E-state index contributed by atoms with van der Waals surface area (Å²) in [5.74, 6) is -1.98. The van der Waals surface area contributed by atoms with Crippen LogP contribution in [0.1, 0.15) is 35.4 Å². The number of alkyl halides is 6. The lowest BCUT2D eigenvalue weighted by Crippen LogP contribution is -2.46. The summed E-state index contributed by atoms with van der Waals surface area (Å²) in [6.07, 6.45) is -13.3. The quantitative estimate of drug-likeness (QED) is 0.379. The lowest BCUT2D eigenvalue weighted by Gasteiger charge is -2.23. The minimum atomic E-state index is -5.73. The van der Waals surface area contributed by atoms with E-state index in [1.807, 2.05) is 13.0 Å². The molecule has 7 nitrogen and oxygen atoms in total. The van der Waals surface area contributed by atoms with Crippen molar-refractivity contribution in [1.82, 2.24) is 15.1 Å². The fourth-order valence-corrected chi connectivity index (χ4v) is 4.35. The first kappa shape index (κ1) is 25.7. The number of carboxylic acids is 1. The second-order valence-corrected chi connectivity index (χ2v) is 8.56. The number of ether oxygens (including phenoxy) is 1. The van der Waals surface area contributed by atoms with Crippen molar-refractivity contribution in [3.05, 3.63) is 46.1 Å². The van der Waals surface area contributed by atoms with E-state index in [9.17, 15) is 31.1 Å². The first-order valence-corrected chi connectivity index (χ1v) is 10.8. The Bertz CT molecular complexity index is 1290. The number of hydrogen-bond acceptors (Lipinski definition) is 6. The van der Waals surface area contributed by atoms with Gasteiger partial charge in [0.15, 0.2) is 0 Å². The zero-order valence-corrected chi connectivity index (χ0v) is 19.0. The molecule has 1 unspecified atom stereocenters. The number of nitrogens with zero attached hydrogens (tertiary/aromatic N) is 3. The zero-order valence-electron chi connectivity index (χ0n) is 18.2. The van der Waals surface area contributed by atoms with Crippen LogP contribution >= 0.6 is 11.6 Å². The molecule has 1 aromatic carbocycles. The highest BCUT2D eigenvalue weighted by molar-refractivity contribution is 6.32. The number of carbonyl (C=O) groups is 1. The molecule has 0 fully saturated rings. The topological polar surface area (TPSA) is 98.3 Å². The third-order valence-corrected chi connectivity index (χ3v) is 6.05. The Morgan fingerprint density at radius 3 is 2.56 bits per heavy atom. The summed E-state index contributed by atoms with van der Waals surface area (Å²) < 4.78 is 85.8. The minimum Gasteiger partial charge on any atom is -0.481 e. The van der Waals surface area contributed by atoms with Gasteiger partial charge >= 0.3 is 18.3 Å². The lowest BCUT2D eigenvalue weighted by atomic mass is 9.93. The van der Waals surface area contributed by atoms with Gasteiger partial charge in [-0.15, -0.1) is 0 Å². The molecule has 0 saturated heterocycles. The molecule has 36 heavy (non-hydrogen) atoms. The third kappa shape index (κ3) is 5.11. The molecular formula is C22H16ClF6N3O4. The van der Waals surface area contributed by atoms with E-state index in [1.54, 1.807) is 6.07 Å². The molecule has 192 valence electrons. The van der Waals surface area contributed by atoms with Gasteiger partial charge in [0, 0.05) is 11.8 Å². The van der Waals surface area contributed by atoms with Gasteiger partial charge in [0.2, 0.25) is 11.7 Å². The number of hydrogen-bond donors (Lipinski definition) is 1. The summed E-state index contributed by atoms with van der Waals surface area (Å²) in [6.45, 7) is 1.84. The highest BCUT2D eigenvalue weighted by atomic mass is 35.5. The van der Waals surface area contributed by atoms with Crippen LogP contribution in [0.15, 0.2) is 28.9 Å². The second kappa shape index (κ2) is 9.26. The van der Waals surface area contributed by atoms with Crippen LogP contribution in [0.2, 0.25) is 5.02 Å². The number of aromatic nitrogens is 3. The highest BCUT2D eigenvalue weighted by Crippen LogP contribution is 2.41. The summed E-state index contributed by atoms with van der Waals surface area (Å²) in [6, 6.07) is 4.55. The monoisotopic (exact) mass is 535 g/mol. The Morgan fingerprint density at radius 1 is 1.25 bits per heavy atom. The molecule has 2 aromatic heterocycles. The summed E-state index contributed by atoms with van der Waals surface area (Å²) in [4.78, 5) is 18.8. The lowest BCUT2D eigenvalue weighted by molar-refractivity contribution is -0.300. The Labute approximate surface area is 204 Å². The van der Waals surface area contributed by atoms with E-state index in [2.05, 4.69) is 19.9 Å². The molecule has 3 aromatic rings. The van der Waals surface area contributed by atoms with E-state index in [1.165, 1.54) is 0 Å². The molecule has 1 N–H and O–H groups in total. The van der Waals surface area contributed by atoms with Crippen LogP contribution in [0.5, 0.6) is 5.88 Å². The van der Waals surface area contributed by atoms with Crippen molar-refractivity contribution in [3.8, 4) is 28.7 Å². The second-order valence-electron chi connectivity index (χ2n) is 8.15. The highest BCUT2D eigenvalue weighted by Gasteiger charge is 2.59. The summed E-state index contributed by atoms with van der Waals surface area (Å²) in [5.41, 5.74) is 3.46. The fraction of sp³-hybridized carbons (Fsp3) is 0.364. The normalized spacial score (nSPS) is 15.9. The molecule has 0 radical (unpaired) electrons. The van der Waals surface area contributed by atoms with Crippen LogP contribution in [-0.2, 0) is 11.2 Å². The number of fused-ring (bicyclic) bond motifs is 1. The number of aliphatic carboxylic acids is 1. The molecule has 4 rings (SSSR count). The Kier molecular flexibility index (Phi) is 6.62. The average Bonchev–Trinajstić information content (AvgIpc) is 3.39. The molecule has 1 aliphatic carbocycles. The minimum absolute atomic E-state index is 0.0261. The van der Waals surface area contributed by atoms with Crippen LogP contribution in [0.4, 0.5) is 26.3 Å². The Balaban J connectivity index is 1.59. The molecule has 0 amide bonds. The third-order valence-electron chi connectivity index (χ3n) is 5.78. The average molecular weight is 536 g/mol. The first-order chi connectivity index (χ1) is 16.8. The van der Waals surface area contributed by atoms with Crippen LogP contribution in [-0.4, -0.2) is 44.7 Å². The van der Waals surface area contributed by atoms with Gasteiger partial charge < -0.3 is 14.4 Å². The molecule has 0 bridgehead atoms. The van der Waals surface area contributed by atoms with Gasteiger partial charge in [-0.2, -0.15) is 31.3 Å². The standard InChI is InChI=1S/C22H16ClF6N3O4/c1-9-12-3-2-10(7-16(33)34)14(12)5-4-13(9)17-31-18(36-32-17)11-6-15(23)19(30-8-11)35-20(21(24,25)26)22(27,28)29/h4-6,8,10,20H,2-3,7H2,1H3,(H,33,34). The van der Waals surface area contributed by atoms with Crippen molar-refractivity contribution in [3.63, 3.8) is 0 Å². The summed E-state index contributed by atoms with van der Waals surface area (Å²) >= 11 is 5.83. The van der Waals surface area contributed by atoms with Gasteiger partial charge in [0.05, 0.1) is 12.0 Å².